The van der Waals surface area contributed by atoms with Gasteiger partial charge in [0.1, 0.15) is 5.78 Å². The number of rotatable bonds is 5. The van der Waals surface area contributed by atoms with Crippen molar-refractivity contribution in [2.45, 2.75) is 32.5 Å². The van der Waals surface area contributed by atoms with Crippen molar-refractivity contribution in [3.63, 3.8) is 0 Å². The molecule has 0 saturated carbocycles. The summed E-state index contributed by atoms with van der Waals surface area (Å²) in [6.45, 7) is 8.55. The van der Waals surface area contributed by atoms with E-state index in [2.05, 4.69) is 74.6 Å². The number of carbonyl (C=O) groups is 1. The van der Waals surface area contributed by atoms with E-state index in [0.29, 0.717) is 5.54 Å². The third-order valence-corrected chi connectivity index (χ3v) is 8.80. The molecule has 0 amide bonds. The van der Waals surface area contributed by atoms with Gasteiger partial charge in [0.15, 0.2) is 0 Å². The highest BCUT2D eigenvalue weighted by molar-refractivity contribution is 6.91. The van der Waals surface area contributed by atoms with Crippen LogP contribution in [0.5, 0.6) is 0 Å². The zero-order valence-corrected chi connectivity index (χ0v) is 14.3. The molecular formula is C19H24OSi. The largest absolute Gasteiger partial charge is 0.300 e. The zero-order chi connectivity index (χ0) is 15.5. The summed E-state index contributed by atoms with van der Waals surface area (Å²) in [5, 5.41) is 1.41. The third-order valence-electron chi connectivity index (χ3n) is 4.60. The lowest BCUT2D eigenvalue weighted by Gasteiger charge is -2.37. The fourth-order valence-electron chi connectivity index (χ4n) is 3.27. The number of hydrogen-bond donors (Lipinski definition) is 0. The molecule has 0 bridgehead atoms. The van der Waals surface area contributed by atoms with E-state index < -0.39 is 8.07 Å². The van der Waals surface area contributed by atoms with Crippen LogP contribution in [0.25, 0.3) is 0 Å². The van der Waals surface area contributed by atoms with Crippen molar-refractivity contribution < 1.29 is 4.79 Å². The minimum absolute atomic E-state index is 0.0503. The quantitative estimate of drug-likeness (QED) is 0.758. The van der Waals surface area contributed by atoms with Gasteiger partial charge in [-0.25, -0.2) is 0 Å². The summed E-state index contributed by atoms with van der Waals surface area (Å²) in [6, 6.07) is 21.2. The predicted molar refractivity (Wildman–Crippen MR) is 92.6 cm³/mol. The van der Waals surface area contributed by atoms with Crippen LogP contribution in [0.1, 0.15) is 25.0 Å². The SMILES string of the molecule is CC(=O)[C@@H](C)[C@H](c1ccccc1)[Si](C)(C)c1ccccc1. The summed E-state index contributed by atoms with van der Waals surface area (Å²) in [4.78, 5) is 12.1. The Bertz CT molecular complexity index is 589. The second kappa shape index (κ2) is 6.40. The first-order chi connectivity index (χ1) is 9.94. The molecule has 0 radical (unpaired) electrons. The summed E-state index contributed by atoms with van der Waals surface area (Å²) in [5.74, 6) is 0.328. The topological polar surface area (TPSA) is 17.1 Å². The average molecular weight is 296 g/mol. The standard InChI is InChI=1S/C19H24OSi/c1-15(16(2)20)19(17-11-7-5-8-12-17)21(3,4)18-13-9-6-10-14-18/h5-15,19H,1-4H3/t15-,19-/m1/s1. The van der Waals surface area contributed by atoms with Gasteiger partial charge in [-0.2, -0.15) is 0 Å². The number of ketones is 1. The Morgan fingerprint density at radius 3 is 1.86 bits per heavy atom. The molecule has 2 aromatic rings. The van der Waals surface area contributed by atoms with Crippen LogP contribution in [-0.2, 0) is 4.79 Å². The highest BCUT2D eigenvalue weighted by atomic mass is 28.3. The molecule has 21 heavy (non-hydrogen) atoms. The Kier molecular flexibility index (Phi) is 4.79. The molecule has 2 rings (SSSR count). The van der Waals surface area contributed by atoms with Crippen LogP contribution >= 0.6 is 0 Å². The molecular weight excluding hydrogens is 272 g/mol. The number of carbonyl (C=O) groups excluding carboxylic acids is 1. The van der Waals surface area contributed by atoms with Crippen molar-refractivity contribution in [1.82, 2.24) is 0 Å². The van der Waals surface area contributed by atoms with Crippen LogP contribution in [0, 0.1) is 5.92 Å². The van der Waals surface area contributed by atoms with E-state index in [-0.39, 0.29) is 11.7 Å². The van der Waals surface area contributed by atoms with Gasteiger partial charge in [-0.05, 0) is 18.0 Å². The molecule has 2 atom stereocenters. The highest BCUT2D eigenvalue weighted by Gasteiger charge is 2.39. The van der Waals surface area contributed by atoms with Crippen LogP contribution in [0.4, 0.5) is 0 Å². The first-order valence-electron chi connectivity index (χ1n) is 7.55. The van der Waals surface area contributed by atoms with E-state index in [9.17, 15) is 4.79 Å². The third kappa shape index (κ3) is 3.33. The molecule has 0 aromatic heterocycles. The smallest absolute Gasteiger partial charge is 0.132 e. The van der Waals surface area contributed by atoms with Gasteiger partial charge >= 0.3 is 0 Å². The molecule has 0 unspecified atom stereocenters. The van der Waals surface area contributed by atoms with Gasteiger partial charge in [0, 0.05) is 5.92 Å². The zero-order valence-electron chi connectivity index (χ0n) is 13.3. The van der Waals surface area contributed by atoms with Crippen molar-refractivity contribution in [3.8, 4) is 0 Å². The molecule has 0 aliphatic heterocycles. The van der Waals surface area contributed by atoms with E-state index in [1.165, 1.54) is 10.8 Å². The minimum Gasteiger partial charge on any atom is -0.300 e. The van der Waals surface area contributed by atoms with E-state index in [1.54, 1.807) is 6.92 Å². The van der Waals surface area contributed by atoms with Crippen LogP contribution < -0.4 is 5.19 Å². The Morgan fingerprint density at radius 2 is 1.38 bits per heavy atom. The fraction of sp³-hybridized carbons (Fsp3) is 0.316. The molecule has 0 spiro atoms. The maximum atomic E-state index is 12.1. The van der Waals surface area contributed by atoms with E-state index in [4.69, 9.17) is 0 Å². The van der Waals surface area contributed by atoms with Gasteiger partial charge in [0.25, 0.3) is 0 Å². The van der Waals surface area contributed by atoms with Crippen molar-refractivity contribution in [2.24, 2.45) is 5.92 Å². The molecule has 2 heteroatoms. The van der Waals surface area contributed by atoms with Crippen molar-refractivity contribution in [3.05, 3.63) is 66.2 Å². The maximum Gasteiger partial charge on any atom is 0.132 e. The van der Waals surface area contributed by atoms with Gasteiger partial charge in [0.2, 0.25) is 0 Å². The van der Waals surface area contributed by atoms with Gasteiger partial charge in [0.05, 0.1) is 8.07 Å². The van der Waals surface area contributed by atoms with Crippen molar-refractivity contribution >= 4 is 19.0 Å². The predicted octanol–water partition coefficient (Wildman–Crippen LogP) is 4.15. The fourth-order valence-corrected chi connectivity index (χ4v) is 7.19. The molecule has 0 aliphatic rings. The number of Topliss-reactive ketones (excluding diaryl/α,β-unsaturated/α-hetero) is 1. The van der Waals surface area contributed by atoms with Crippen LogP contribution in [-0.4, -0.2) is 13.9 Å². The second-order valence-electron chi connectivity index (χ2n) is 6.38. The maximum absolute atomic E-state index is 12.1. The number of benzene rings is 2. The van der Waals surface area contributed by atoms with Gasteiger partial charge in [-0.15, -0.1) is 0 Å². The van der Waals surface area contributed by atoms with Gasteiger partial charge in [-0.3, -0.25) is 4.79 Å². The van der Waals surface area contributed by atoms with E-state index in [1.807, 2.05) is 6.07 Å². The monoisotopic (exact) mass is 296 g/mol. The Balaban J connectivity index is 2.52. The molecule has 1 nitrogen and oxygen atoms in total. The Hall–Kier alpha value is -1.67. The van der Waals surface area contributed by atoms with Crippen LogP contribution in [0.3, 0.4) is 0 Å². The van der Waals surface area contributed by atoms with Crippen molar-refractivity contribution in [2.75, 3.05) is 0 Å². The first kappa shape index (κ1) is 15.7. The lowest BCUT2D eigenvalue weighted by molar-refractivity contribution is -0.120. The van der Waals surface area contributed by atoms with E-state index in [0.717, 1.165) is 0 Å². The lowest BCUT2D eigenvalue weighted by Crippen LogP contribution is -2.50. The normalized spacial score (nSPS) is 14.5. The summed E-state index contributed by atoms with van der Waals surface area (Å²) in [7, 11) is -1.80. The van der Waals surface area contributed by atoms with Gasteiger partial charge < -0.3 is 0 Å². The van der Waals surface area contributed by atoms with Crippen LogP contribution in [0.15, 0.2) is 60.7 Å². The summed E-state index contributed by atoms with van der Waals surface area (Å²) in [5.41, 5.74) is 1.60. The molecule has 0 saturated heterocycles. The van der Waals surface area contributed by atoms with E-state index >= 15 is 0 Å². The molecule has 0 fully saturated rings. The minimum atomic E-state index is -1.80. The highest BCUT2D eigenvalue weighted by Crippen LogP contribution is 2.34. The van der Waals surface area contributed by atoms with Crippen LogP contribution in [0.2, 0.25) is 13.1 Å². The second-order valence-corrected chi connectivity index (χ2v) is 11.0. The van der Waals surface area contributed by atoms with Crippen molar-refractivity contribution in [1.29, 1.82) is 0 Å². The summed E-state index contributed by atoms with van der Waals surface area (Å²) >= 11 is 0. The molecule has 110 valence electrons. The summed E-state index contributed by atoms with van der Waals surface area (Å²) in [6.07, 6.45) is 0. The molecule has 0 aliphatic carbocycles. The Morgan fingerprint density at radius 1 is 0.905 bits per heavy atom. The average Bonchev–Trinajstić information content (AvgIpc) is 2.49. The molecule has 0 N–H and O–H groups in total. The number of hydrogen-bond acceptors (Lipinski definition) is 1. The first-order valence-corrected chi connectivity index (χ1v) is 10.6. The molecule has 2 aromatic carbocycles. The van der Waals surface area contributed by atoms with Gasteiger partial charge in [-0.1, -0.05) is 85.9 Å². The summed E-state index contributed by atoms with van der Waals surface area (Å²) < 4.78 is 0. The molecule has 0 heterocycles. The Labute approximate surface area is 129 Å². The lowest BCUT2D eigenvalue weighted by atomic mass is 9.97.